The van der Waals surface area contributed by atoms with E-state index in [1.165, 1.54) is 12.1 Å². The van der Waals surface area contributed by atoms with Gasteiger partial charge in [-0.15, -0.1) is 0 Å². The number of benzene rings is 1. The summed E-state index contributed by atoms with van der Waals surface area (Å²) in [4.78, 5) is 10.3. The maximum absolute atomic E-state index is 13.6. The van der Waals surface area contributed by atoms with Gasteiger partial charge in [-0.2, -0.15) is 11.8 Å². The molecule has 1 aromatic carbocycles. The minimum atomic E-state index is -1.04. The second-order valence-electron chi connectivity index (χ2n) is 3.88. The lowest BCUT2D eigenvalue weighted by Crippen LogP contribution is -1.93. The van der Waals surface area contributed by atoms with Crippen LogP contribution in [0, 0.1) is 5.82 Å². The molecular formula is C13H15FO2S. The largest absolute Gasteiger partial charge is 0.478 e. The van der Waals surface area contributed by atoms with Crippen LogP contribution in [0.15, 0.2) is 24.3 Å². The number of rotatable bonds is 5. The molecule has 17 heavy (non-hydrogen) atoms. The molecule has 0 heterocycles. The molecule has 0 fully saturated rings. The third-order valence-corrected chi connectivity index (χ3v) is 3.21. The molecule has 0 saturated heterocycles. The number of hydrogen-bond acceptors (Lipinski definition) is 2. The molecule has 0 saturated carbocycles. The van der Waals surface area contributed by atoms with Crippen LogP contribution in [0.3, 0.4) is 0 Å². The minimum Gasteiger partial charge on any atom is -0.478 e. The van der Waals surface area contributed by atoms with Crippen molar-refractivity contribution in [3.63, 3.8) is 0 Å². The SMILES string of the molecule is CC(C)SCc1ccc(/C=C/C(=O)O)cc1F. The normalized spacial score (nSPS) is 11.3. The van der Waals surface area contributed by atoms with E-state index < -0.39 is 5.97 Å². The zero-order valence-electron chi connectivity index (χ0n) is 9.81. The molecule has 0 aliphatic heterocycles. The molecule has 0 radical (unpaired) electrons. The summed E-state index contributed by atoms with van der Waals surface area (Å²) in [7, 11) is 0. The molecule has 4 heteroatoms. The van der Waals surface area contributed by atoms with Crippen molar-refractivity contribution in [3.8, 4) is 0 Å². The second-order valence-corrected chi connectivity index (χ2v) is 5.45. The van der Waals surface area contributed by atoms with Crippen LogP contribution < -0.4 is 0 Å². The summed E-state index contributed by atoms with van der Waals surface area (Å²) in [5.74, 6) is -0.692. The summed E-state index contributed by atoms with van der Waals surface area (Å²) in [6, 6.07) is 4.78. The molecule has 0 aromatic heterocycles. The van der Waals surface area contributed by atoms with Gasteiger partial charge in [0.1, 0.15) is 5.82 Å². The summed E-state index contributed by atoms with van der Waals surface area (Å²) in [5.41, 5.74) is 1.21. The number of carboxylic acids is 1. The number of carboxylic acid groups (broad SMARTS) is 1. The van der Waals surface area contributed by atoms with Gasteiger partial charge in [0.05, 0.1) is 0 Å². The summed E-state index contributed by atoms with van der Waals surface area (Å²) in [6.07, 6.45) is 2.38. The molecule has 0 amide bonds. The van der Waals surface area contributed by atoms with Crippen molar-refractivity contribution in [2.75, 3.05) is 0 Å². The van der Waals surface area contributed by atoms with Gasteiger partial charge < -0.3 is 5.11 Å². The highest BCUT2D eigenvalue weighted by Crippen LogP contribution is 2.20. The Morgan fingerprint density at radius 1 is 1.53 bits per heavy atom. The van der Waals surface area contributed by atoms with Crippen LogP contribution in [-0.2, 0) is 10.5 Å². The fourth-order valence-electron chi connectivity index (χ4n) is 1.21. The van der Waals surface area contributed by atoms with Crippen molar-refractivity contribution in [3.05, 3.63) is 41.2 Å². The quantitative estimate of drug-likeness (QED) is 0.816. The van der Waals surface area contributed by atoms with Gasteiger partial charge in [-0.05, 0) is 28.5 Å². The highest BCUT2D eigenvalue weighted by atomic mass is 32.2. The van der Waals surface area contributed by atoms with Gasteiger partial charge in [0, 0.05) is 11.8 Å². The summed E-state index contributed by atoms with van der Waals surface area (Å²) < 4.78 is 13.6. The Morgan fingerprint density at radius 3 is 2.76 bits per heavy atom. The summed E-state index contributed by atoms with van der Waals surface area (Å²) in [5, 5.41) is 8.92. The van der Waals surface area contributed by atoms with E-state index in [2.05, 4.69) is 13.8 Å². The van der Waals surface area contributed by atoms with Crippen LogP contribution >= 0.6 is 11.8 Å². The van der Waals surface area contributed by atoms with Gasteiger partial charge in [0.25, 0.3) is 0 Å². The zero-order valence-corrected chi connectivity index (χ0v) is 10.6. The highest BCUT2D eigenvalue weighted by molar-refractivity contribution is 7.99. The van der Waals surface area contributed by atoms with Crippen molar-refractivity contribution >= 4 is 23.8 Å². The Morgan fingerprint density at radius 2 is 2.24 bits per heavy atom. The van der Waals surface area contributed by atoms with Crippen LogP contribution in [-0.4, -0.2) is 16.3 Å². The average Bonchev–Trinajstić information content (AvgIpc) is 2.24. The number of aliphatic carboxylic acids is 1. The van der Waals surface area contributed by atoms with Crippen LogP contribution in [0.1, 0.15) is 25.0 Å². The van der Waals surface area contributed by atoms with Gasteiger partial charge in [-0.3, -0.25) is 0 Å². The predicted molar refractivity (Wildman–Crippen MR) is 69.5 cm³/mol. The fraction of sp³-hybridized carbons (Fsp3) is 0.308. The number of halogens is 1. The van der Waals surface area contributed by atoms with E-state index in [1.54, 1.807) is 23.9 Å². The summed E-state index contributed by atoms with van der Waals surface area (Å²) in [6.45, 7) is 4.12. The van der Waals surface area contributed by atoms with E-state index in [-0.39, 0.29) is 5.82 Å². The predicted octanol–water partition coefficient (Wildman–Crippen LogP) is 3.57. The molecule has 0 atom stereocenters. The molecule has 0 spiro atoms. The van der Waals surface area contributed by atoms with Crippen molar-refractivity contribution in [2.24, 2.45) is 0 Å². The molecule has 92 valence electrons. The highest BCUT2D eigenvalue weighted by Gasteiger charge is 2.04. The molecule has 0 aliphatic carbocycles. The Balaban J connectivity index is 2.75. The van der Waals surface area contributed by atoms with Gasteiger partial charge >= 0.3 is 5.97 Å². The average molecular weight is 254 g/mol. The van der Waals surface area contributed by atoms with Gasteiger partial charge in [-0.25, -0.2) is 9.18 Å². The van der Waals surface area contributed by atoms with E-state index >= 15 is 0 Å². The fourth-order valence-corrected chi connectivity index (χ4v) is 1.96. The Bertz CT molecular complexity index is 427. The lowest BCUT2D eigenvalue weighted by atomic mass is 10.1. The molecule has 2 nitrogen and oxygen atoms in total. The van der Waals surface area contributed by atoms with Crippen LogP contribution in [0.4, 0.5) is 4.39 Å². The second kappa shape index (κ2) is 6.45. The monoisotopic (exact) mass is 254 g/mol. The molecule has 1 aromatic rings. The van der Waals surface area contributed by atoms with Gasteiger partial charge in [0.15, 0.2) is 0 Å². The lowest BCUT2D eigenvalue weighted by Gasteiger charge is -2.06. The van der Waals surface area contributed by atoms with E-state index in [1.807, 2.05) is 0 Å². The maximum Gasteiger partial charge on any atom is 0.328 e. The lowest BCUT2D eigenvalue weighted by molar-refractivity contribution is -0.131. The molecule has 1 rings (SSSR count). The first-order valence-corrected chi connectivity index (χ1v) is 6.35. The van der Waals surface area contributed by atoms with Crippen LogP contribution in [0.2, 0.25) is 0 Å². The van der Waals surface area contributed by atoms with Crippen LogP contribution in [0.25, 0.3) is 6.08 Å². The molecule has 0 unspecified atom stereocenters. The van der Waals surface area contributed by atoms with E-state index in [0.29, 0.717) is 22.1 Å². The Labute approximate surface area is 105 Å². The van der Waals surface area contributed by atoms with Crippen molar-refractivity contribution in [1.29, 1.82) is 0 Å². The van der Waals surface area contributed by atoms with E-state index in [0.717, 1.165) is 6.08 Å². The van der Waals surface area contributed by atoms with E-state index in [9.17, 15) is 9.18 Å². The smallest absolute Gasteiger partial charge is 0.328 e. The first-order valence-electron chi connectivity index (χ1n) is 5.30. The number of hydrogen-bond donors (Lipinski definition) is 1. The Kier molecular flexibility index (Phi) is 5.22. The van der Waals surface area contributed by atoms with Crippen molar-refractivity contribution < 1.29 is 14.3 Å². The zero-order chi connectivity index (χ0) is 12.8. The third-order valence-electron chi connectivity index (χ3n) is 2.07. The maximum atomic E-state index is 13.6. The van der Waals surface area contributed by atoms with Gasteiger partial charge in [-0.1, -0.05) is 26.0 Å². The van der Waals surface area contributed by atoms with Crippen molar-refractivity contribution in [1.82, 2.24) is 0 Å². The number of carbonyl (C=O) groups is 1. The third kappa shape index (κ3) is 5.04. The molecule has 0 bridgehead atoms. The first kappa shape index (κ1) is 13.8. The van der Waals surface area contributed by atoms with Gasteiger partial charge in [0.2, 0.25) is 0 Å². The van der Waals surface area contributed by atoms with E-state index in [4.69, 9.17) is 5.11 Å². The topological polar surface area (TPSA) is 37.3 Å². The molecule has 0 aliphatic rings. The summed E-state index contributed by atoms with van der Waals surface area (Å²) >= 11 is 1.67. The molecular weight excluding hydrogens is 239 g/mol. The Hall–Kier alpha value is -1.29. The first-order chi connectivity index (χ1) is 7.99. The molecule has 1 N–H and O–H groups in total. The standard InChI is InChI=1S/C13H15FO2S/c1-9(2)17-8-11-5-3-10(7-12(11)14)4-6-13(15)16/h3-7,9H,8H2,1-2H3,(H,15,16)/b6-4+. The number of thioether (sulfide) groups is 1. The van der Waals surface area contributed by atoms with Crippen molar-refractivity contribution in [2.45, 2.75) is 24.9 Å². The van der Waals surface area contributed by atoms with Crippen LogP contribution in [0.5, 0.6) is 0 Å². The minimum absolute atomic E-state index is 0.286.